The molecule has 0 bridgehead atoms. The van der Waals surface area contributed by atoms with E-state index >= 15 is 0 Å². The number of aryl methyl sites for hydroxylation is 1. The maximum Gasteiger partial charge on any atom is 0.269 e. The van der Waals surface area contributed by atoms with Gasteiger partial charge in [0, 0.05) is 41.8 Å². The van der Waals surface area contributed by atoms with Gasteiger partial charge in [0.2, 0.25) is 0 Å². The van der Waals surface area contributed by atoms with Gasteiger partial charge in [-0.2, -0.15) is 0 Å². The molecule has 0 aliphatic carbocycles. The topological polar surface area (TPSA) is 155 Å². The molecule has 10 nitrogen and oxygen atoms in total. The van der Waals surface area contributed by atoms with Crippen LogP contribution in [0.25, 0.3) is 0 Å². The van der Waals surface area contributed by atoms with Crippen LogP contribution in [0.4, 0.5) is 11.4 Å². The van der Waals surface area contributed by atoms with Gasteiger partial charge in [-0.05, 0) is 43.3 Å². The second kappa shape index (κ2) is 9.71. The second-order valence-corrected chi connectivity index (χ2v) is 9.58. The molecule has 11 heteroatoms. The van der Waals surface area contributed by atoms with E-state index in [0.717, 1.165) is 42.0 Å². The van der Waals surface area contributed by atoms with E-state index in [2.05, 4.69) is 0 Å². The summed E-state index contributed by atoms with van der Waals surface area (Å²) in [4.78, 5) is 46.4. The number of hydrogen-bond donors (Lipinski definition) is 0. The lowest BCUT2D eigenvalue weighted by atomic mass is 10.0. The first-order valence-corrected chi connectivity index (χ1v) is 11.4. The summed E-state index contributed by atoms with van der Waals surface area (Å²) in [5.41, 5.74) is 0.159. The van der Waals surface area contributed by atoms with Crippen molar-refractivity contribution >= 4 is 32.8 Å². The fourth-order valence-corrected chi connectivity index (χ4v) is 4.86. The molecule has 0 saturated carbocycles. The average Bonchev–Trinajstić information content (AvgIpc) is 2.82. The molecule has 1 atom stereocenters. The lowest BCUT2D eigenvalue weighted by molar-refractivity contribution is -0.385. The van der Waals surface area contributed by atoms with E-state index in [4.69, 9.17) is 0 Å². The molecular formula is C23H18N2O8S. The van der Waals surface area contributed by atoms with Crippen molar-refractivity contribution in [2.45, 2.75) is 23.5 Å². The van der Waals surface area contributed by atoms with E-state index in [1.54, 1.807) is 19.1 Å². The molecule has 0 saturated heterocycles. The molecule has 34 heavy (non-hydrogen) atoms. The molecule has 3 aromatic carbocycles. The normalized spacial score (nSPS) is 12.0. The number of Topliss-reactive ketones (excluding diaryl/α,β-unsaturated/α-hetero) is 2. The van der Waals surface area contributed by atoms with Crippen molar-refractivity contribution in [3.05, 3.63) is 110 Å². The molecule has 0 aromatic heterocycles. The maximum absolute atomic E-state index is 13.4. The Bertz CT molecular complexity index is 1360. The van der Waals surface area contributed by atoms with Crippen molar-refractivity contribution in [2.24, 2.45) is 0 Å². The Morgan fingerprint density at radius 3 is 1.65 bits per heavy atom. The van der Waals surface area contributed by atoms with Crippen LogP contribution in [-0.4, -0.2) is 35.1 Å². The number of rotatable bonds is 9. The van der Waals surface area contributed by atoms with Crippen LogP contribution in [0.1, 0.15) is 32.7 Å². The Morgan fingerprint density at radius 1 is 0.765 bits per heavy atom. The Hall–Kier alpha value is -4.25. The van der Waals surface area contributed by atoms with Crippen molar-refractivity contribution in [3.8, 4) is 0 Å². The number of carbonyl (C=O) groups is 2. The number of nitrogens with zero attached hydrogens (tertiary/aromatic N) is 2. The van der Waals surface area contributed by atoms with Gasteiger partial charge in [0.05, 0.1) is 14.7 Å². The molecule has 0 fully saturated rings. The van der Waals surface area contributed by atoms with Gasteiger partial charge in [0.25, 0.3) is 11.4 Å². The molecule has 174 valence electrons. The SMILES string of the molecule is Cc1ccc(S(=O)(=O)[C@H](CC(=O)c2ccc([N+](=O)[O-])cc2)C(=O)c2ccc([N+](=O)[O-])cc2)cc1. The largest absolute Gasteiger partial charge is 0.294 e. The van der Waals surface area contributed by atoms with Crippen LogP contribution < -0.4 is 0 Å². The summed E-state index contributed by atoms with van der Waals surface area (Å²) in [6.45, 7) is 1.76. The Balaban J connectivity index is 2.01. The lowest BCUT2D eigenvalue weighted by Crippen LogP contribution is -2.33. The number of nitro benzene ring substituents is 2. The molecule has 0 amide bonds. The number of sulfone groups is 1. The zero-order valence-electron chi connectivity index (χ0n) is 17.8. The highest BCUT2D eigenvalue weighted by atomic mass is 32.2. The van der Waals surface area contributed by atoms with Crippen molar-refractivity contribution in [1.29, 1.82) is 0 Å². The highest BCUT2D eigenvalue weighted by Crippen LogP contribution is 2.25. The summed E-state index contributed by atoms with van der Waals surface area (Å²) in [6.07, 6.45) is -0.718. The monoisotopic (exact) mass is 482 g/mol. The first-order chi connectivity index (χ1) is 16.0. The summed E-state index contributed by atoms with van der Waals surface area (Å²) in [5, 5.41) is 19.9. The van der Waals surface area contributed by atoms with E-state index < -0.39 is 42.9 Å². The minimum absolute atomic E-state index is 0.00575. The lowest BCUT2D eigenvalue weighted by Gasteiger charge is -2.17. The molecule has 3 aromatic rings. The summed E-state index contributed by atoms with van der Waals surface area (Å²) >= 11 is 0. The molecular weight excluding hydrogens is 464 g/mol. The van der Waals surface area contributed by atoms with Crippen LogP contribution in [0, 0.1) is 27.2 Å². The third-order valence-electron chi connectivity index (χ3n) is 5.15. The number of nitro groups is 2. The van der Waals surface area contributed by atoms with Gasteiger partial charge < -0.3 is 0 Å². The summed E-state index contributed by atoms with van der Waals surface area (Å²) in [5.74, 6) is -1.60. The van der Waals surface area contributed by atoms with Crippen molar-refractivity contribution in [1.82, 2.24) is 0 Å². The fourth-order valence-electron chi connectivity index (χ4n) is 3.22. The highest BCUT2D eigenvalue weighted by molar-refractivity contribution is 7.92. The van der Waals surface area contributed by atoms with E-state index in [0.29, 0.717) is 0 Å². The van der Waals surface area contributed by atoms with Crippen molar-refractivity contribution in [3.63, 3.8) is 0 Å². The molecule has 0 aliphatic rings. The summed E-state index contributed by atoms with van der Waals surface area (Å²) in [7, 11) is -4.33. The van der Waals surface area contributed by atoms with Crippen LogP contribution in [0.5, 0.6) is 0 Å². The number of hydrogen-bond acceptors (Lipinski definition) is 8. The van der Waals surface area contributed by atoms with Crippen LogP contribution in [0.3, 0.4) is 0 Å². The minimum Gasteiger partial charge on any atom is -0.294 e. The second-order valence-electron chi connectivity index (χ2n) is 7.45. The van der Waals surface area contributed by atoms with Gasteiger partial charge in [-0.25, -0.2) is 8.42 Å². The number of non-ortho nitro benzene ring substituents is 2. The smallest absolute Gasteiger partial charge is 0.269 e. The standard InChI is InChI=1S/C23H18N2O8S/c1-15-2-12-20(13-3-15)34(32,33)22(23(27)17-6-10-19(11-7-17)25(30)31)14-21(26)16-4-8-18(9-5-16)24(28)29/h2-13,22H,14H2,1H3/t22-/m1/s1. The first kappa shape index (κ1) is 24.4. The van der Waals surface area contributed by atoms with E-state index in [-0.39, 0.29) is 27.4 Å². The van der Waals surface area contributed by atoms with Gasteiger partial charge in [-0.15, -0.1) is 0 Å². The third-order valence-corrected chi connectivity index (χ3v) is 7.21. The third kappa shape index (κ3) is 5.21. The van der Waals surface area contributed by atoms with Crippen LogP contribution in [0.2, 0.25) is 0 Å². The molecule has 0 radical (unpaired) electrons. The van der Waals surface area contributed by atoms with Gasteiger partial charge in [-0.1, -0.05) is 17.7 Å². The zero-order chi connectivity index (χ0) is 25.0. The van der Waals surface area contributed by atoms with Crippen LogP contribution in [0.15, 0.2) is 77.7 Å². The van der Waals surface area contributed by atoms with Crippen LogP contribution >= 0.6 is 0 Å². The molecule has 0 aliphatic heterocycles. The summed E-state index contributed by atoms with van der Waals surface area (Å²) < 4.78 is 26.7. The Morgan fingerprint density at radius 2 is 1.21 bits per heavy atom. The molecule has 0 heterocycles. The quantitative estimate of drug-likeness (QED) is 0.251. The van der Waals surface area contributed by atoms with E-state index in [1.165, 1.54) is 24.3 Å². The van der Waals surface area contributed by atoms with Gasteiger partial charge in [0.1, 0.15) is 5.25 Å². The zero-order valence-corrected chi connectivity index (χ0v) is 18.6. The predicted molar refractivity (Wildman–Crippen MR) is 122 cm³/mol. The number of benzene rings is 3. The Labute approximate surface area is 194 Å². The molecule has 3 rings (SSSR count). The summed E-state index contributed by atoms with van der Waals surface area (Å²) in [6, 6.07) is 14.8. The van der Waals surface area contributed by atoms with E-state index in [1.807, 2.05) is 0 Å². The predicted octanol–water partition coefficient (Wildman–Crippen LogP) is 4.11. The number of carbonyl (C=O) groups excluding carboxylic acids is 2. The van der Waals surface area contributed by atoms with Gasteiger partial charge in [0.15, 0.2) is 21.4 Å². The fraction of sp³-hybridized carbons (Fsp3) is 0.130. The van der Waals surface area contributed by atoms with Crippen molar-refractivity contribution in [2.75, 3.05) is 0 Å². The van der Waals surface area contributed by atoms with E-state index in [9.17, 15) is 38.2 Å². The van der Waals surface area contributed by atoms with Crippen molar-refractivity contribution < 1.29 is 27.9 Å². The number of ketones is 2. The minimum atomic E-state index is -4.33. The average molecular weight is 482 g/mol. The highest BCUT2D eigenvalue weighted by Gasteiger charge is 2.37. The Kier molecular flexibility index (Phi) is 6.97. The molecule has 0 N–H and O–H groups in total. The van der Waals surface area contributed by atoms with Gasteiger partial charge >= 0.3 is 0 Å². The first-order valence-electron chi connectivity index (χ1n) is 9.87. The molecule has 0 unspecified atom stereocenters. The maximum atomic E-state index is 13.4. The molecule has 0 spiro atoms. The van der Waals surface area contributed by atoms with Crippen LogP contribution in [-0.2, 0) is 9.84 Å². The van der Waals surface area contributed by atoms with Gasteiger partial charge in [-0.3, -0.25) is 29.8 Å².